The summed E-state index contributed by atoms with van der Waals surface area (Å²) in [6, 6.07) is 15.2. The van der Waals surface area contributed by atoms with Crippen molar-refractivity contribution in [1.82, 2.24) is 0 Å². The SMILES string of the molecule is CCN(C(=O)C1CC(=O)N(c2ccc(OC)cc2)C1)c1ccccc1C. The van der Waals surface area contributed by atoms with Crippen LogP contribution in [0.1, 0.15) is 18.9 Å². The van der Waals surface area contributed by atoms with E-state index < -0.39 is 0 Å². The molecule has 2 aromatic carbocycles. The van der Waals surface area contributed by atoms with Gasteiger partial charge in [-0.2, -0.15) is 0 Å². The summed E-state index contributed by atoms with van der Waals surface area (Å²) in [5.74, 6) is 0.398. The first-order valence-corrected chi connectivity index (χ1v) is 8.86. The van der Waals surface area contributed by atoms with Crippen LogP contribution in [-0.2, 0) is 9.59 Å². The Morgan fingerprint density at radius 1 is 1.19 bits per heavy atom. The number of ether oxygens (including phenoxy) is 1. The molecule has 5 nitrogen and oxygen atoms in total. The molecule has 26 heavy (non-hydrogen) atoms. The van der Waals surface area contributed by atoms with E-state index in [0.29, 0.717) is 13.1 Å². The Hall–Kier alpha value is -2.82. The molecular formula is C21H24N2O3. The van der Waals surface area contributed by atoms with Crippen LogP contribution in [-0.4, -0.2) is 32.0 Å². The quantitative estimate of drug-likeness (QED) is 0.829. The van der Waals surface area contributed by atoms with Crippen molar-refractivity contribution >= 4 is 23.2 Å². The predicted octanol–water partition coefficient (Wildman–Crippen LogP) is 3.41. The number of amides is 2. The zero-order valence-corrected chi connectivity index (χ0v) is 15.4. The van der Waals surface area contributed by atoms with Gasteiger partial charge >= 0.3 is 0 Å². The third-order valence-corrected chi connectivity index (χ3v) is 4.85. The first kappa shape index (κ1) is 18.0. The second-order valence-corrected chi connectivity index (χ2v) is 6.47. The number of aryl methyl sites for hydroxylation is 1. The minimum atomic E-state index is -0.329. The van der Waals surface area contributed by atoms with Crippen molar-refractivity contribution in [3.63, 3.8) is 0 Å². The zero-order valence-electron chi connectivity index (χ0n) is 15.4. The first-order chi connectivity index (χ1) is 12.5. The number of methoxy groups -OCH3 is 1. The standard InChI is InChI=1S/C21H24N2O3/c1-4-22(19-8-6-5-7-15(19)2)21(25)16-13-20(24)23(14-16)17-9-11-18(26-3)12-10-17/h5-12,16H,4,13-14H2,1-3H3. The second kappa shape index (κ2) is 7.60. The number of hydrogen-bond donors (Lipinski definition) is 0. The molecule has 1 saturated heterocycles. The molecule has 2 aromatic rings. The highest BCUT2D eigenvalue weighted by Crippen LogP contribution is 2.29. The molecule has 0 aromatic heterocycles. The third-order valence-electron chi connectivity index (χ3n) is 4.85. The molecule has 0 aliphatic carbocycles. The van der Waals surface area contributed by atoms with Crippen molar-refractivity contribution in [1.29, 1.82) is 0 Å². The normalized spacial score (nSPS) is 16.7. The van der Waals surface area contributed by atoms with E-state index in [2.05, 4.69) is 0 Å². The van der Waals surface area contributed by atoms with Crippen molar-refractivity contribution < 1.29 is 14.3 Å². The summed E-state index contributed by atoms with van der Waals surface area (Å²) in [6.45, 7) is 4.94. The predicted molar refractivity (Wildman–Crippen MR) is 103 cm³/mol. The summed E-state index contributed by atoms with van der Waals surface area (Å²) in [4.78, 5) is 29.0. The van der Waals surface area contributed by atoms with E-state index >= 15 is 0 Å². The van der Waals surface area contributed by atoms with E-state index in [0.717, 1.165) is 22.7 Å². The van der Waals surface area contributed by atoms with E-state index in [1.807, 2.05) is 62.4 Å². The van der Waals surface area contributed by atoms with Crippen LogP contribution < -0.4 is 14.5 Å². The molecule has 1 atom stereocenters. The molecule has 0 radical (unpaired) electrons. The fourth-order valence-electron chi connectivity index (χ4n) is 3.42. The topological polar surface area (TPSA) is 49.9 Å². The van der Waals surface area contributed by atoms with Gasteiger partial charge in [0, 0.05) is 30.9 Å². The molecule has 136 valence electrons. The molecule has 2 amide bonds. The summed E-state index contributed by atoms with van der Waals surface area (Å²) >= 11 is 0. The highest BCUT2D eigenvalue weighted by molar-refractivity contribution is 6.04. The number of anilines is 2. The number of hydrogen-bond acceptors (Lipinski definition) is 3. The highest BCUT2D eigenvalue weighted by Gasteiger charge is 2.37. The largest absolute Gasteiger partial charge is 0.497 e. The maximum Gasteiger partial charge on any atom is 0.232 e. The van der Waals surface area contributed by atoms with E-state index in [1.54, 1.807) is 16.9 Å². The fourth-order valence-corrected chi connectivity index (χ4v) is 3.42. The fraction of sp³-hybridized carbons (Fsp3) is 0.333. The van der Waals surface area contributed by atoms with Gasteiger partial charge in [0.1, 0.15) is 5.75 Å². The number of benzene rings is 2. The van der Waals surface area contributed by atoms with Gasteiger partial charge in [-0.1, -0.05) is 18.2 Å². The molecule has 0 bridgehead atoms. The summed E-state index contributed by atoms with van der Waals surface area (Å²) in [6.07, 6.45) is 0.243. The van der Waals surface area contributed by atoms with Gasteiger partial charge in [0.05, 0.1) is 13.0 Å². The minimum Gasteiger partial charge on any atom is -0.497 e. The van der Waals surface area contributed by atoms with E-state index in [-0.39, 0.29) is 24.2 Å². The van der Waals surface area contributed by atoms with Crippen LogP contribution >= 0.6 is 0 Å². The average molecular weight is 352 g/mol. The molecule has 3 rings (SSSR count). The number of rotatable bonds is 5. The van der Waals surface area contributed by atoms with E-state index in [4.69, 9.17) is 4.74 Å². The van der Waals surface area contributed by atoms with Crippen molar-refractivity contribution in [3.05, 3.63) is 54.1 Å². The van der Waals surface area contributed by atoms with E-state index in [9.17, 15) is 9.59 Å². The molecule has 1 fully saturated rings. The van der Waals surface area contributed by atoms with Crippen LogP contribution in [0.4, 0.5) is 11.4 Å². The smallest absolute Gasteiger partial charge is 0.232 e. The Bertz CT molecular complexity index is 801. The van der Waals surface area contributed by atoms with Crippen molar-refractivity contribution in [2.45, 2.75) is 20.3 Å². The molecule has 0 spiro atoms. The van der Waals surface area contributed by atoms with Crippen LogP contribution in [0.25, 0.3) is 0 Å². The minimum absolute atomic E-state index is 0.00571. The molecule has 1 aliphatic rings. The zero-order chi connectivity index (χ0) is 18.7. The van der Waals surface area contributed by atoms with Gasteiger partial charge in [-0.3, -0.25) is 9.59 Å². The molecule has 1 heterocycles. The lowest BCUT2D eigenvalue weighted by Crippen LogP contribution is -2.37. The van der Waals surface area contributed by atoms with Gasteiger partial charge in [0.25, 0.3) is 0 Å². The highest BCUT2D eigenvalue weighted by atomic mass is 16.5. The maximum atomic E-state index is 13.1. The van der Waals surface area contributed by atoms with Crippen molar-refractivity contribution in [2.75, 3.05) is 30.0 Å². The van der Waals surface area contributed by atoms with Crippen LogP contribution in [0.3, 0.4) is 0 Å². The summed E-state index contributed by atoms with van der Waals surface area (Å²) < 4.78 is 5.16. The lowest BCUT2D eigenvalue weighted by Gasteiger charge is -2.26. The number of nitrogens with zero attached hydrogens (tertiary/aromatic N) is 2. The summed E-state index contributed by atoms with van der Waals surface area (Å²) in [7, 11) is 1.61. The van der Waals surface area contributed by atoms with Gasteiger partial charge in [0.15, 0.2) is 0 Å². The summed E-state index contributed by atoms with van der Waals surface area (Å²) in [5, 5.41) is 0. The second-order valence-electron chi connectivity index (χ2n) is 6.47. The van der Waals surface area contributed by atoms with Crippen LogP contribution in [0.15, 0.2) is 48.5 Å². The lowest BCUT2D eigenvalue weighted by molar-refractivity contribution is -0.124. The molecule has 5 heteroatoms. The third kappa shape index (κ3) is 3.43. The van der Waals surface area contributed by atoms with E-state index in [1.165, 1.54) is 0 Å². The molecular weight excluding hydrogens is 328 g/mol. The Morgan fingerprint density at radius 3 is 2.50 bits per heavy atom. The molecule has 0 saturated carbocycles. The van der Waals surface area contributed by atoms with Gasteiger partial charge in [-0.15, -0.1) is 0 Å². The average Bonchev–Trinajstić information content (AvgIpc) is 3.05. The Morgan fingerprint density at radius 2 is 1.88 bits per heavy atom. The van der Waals surface area contributed by atoms with Gasteiger partial charge in [-0.25, -0.2) is 0 Å². The number of carbonyl (C=O) groups excluding carboxylic acids is 2. The molecule has 0 N–H and O–H groups in total. The Labute approximate surface area is 154 Å². The monoisotopic (exact) mass is 352 g/mol. The Balaban J connectivity index is 1.78. The number of carbonyl (C=O) groups is 2. The van der Waals surface area contributed by atoms with Crippen LogP contribution in [0.5, 0.6) is 5.75 Å². The van der Waals surface area contributed by atoms with Crippen LogP contribution in [0.2, 0.25) is 0 Å². The van der Waals surface area contributed by atoms with Gasteiger partial charge in [0.2, 0.25) is 11.8 Å². The molecule has 1 aliphatic heterocycles. The van der Waals surface area contributed by atoms with Crippen LogP contribution in [0, 0.1) is 12.8 Å². The van der Waals surface area contributed by atoms with Gasteiger partial charge < -0.3 is 14.5 Å². The van der Waals surface area contributed by atoms with Crippen molar-refractivity contribution in [2.24, 2.45) is 5.92 Å². The Kier molecular flexibility index (Phi) is 5.26. The van der Waals surface area contributed by atoms with Crippen molar-refractivity contribution in [3.8, 4) is 5.75 Å². The molecule has 1 unspecified atom stereocenters. The maximum absolute atomic E-state index is 13.1. The number of para-hydroxylation sites is 1. The van der Waals surface area contributed by atoms with Gasteiger partial charge in [-0.05, 0) is 49.7 Å². The first-order valence-electron chi connectivity index (χ1n) is 8.86. The lowest BCUT2D eigenvalue weighted by atomic mass is 10.1. The summed E-state index contributed by atoms with van der Waals surface area (Å²) in [5.41, 5.74) is 2.76.